The summed E-state index contributed by atoms with van der Waals surface area (Å²) in [6, 6.07) is 1.55. The van der Waals surface area contributed by atoms with Gasteiger partial charge in [0.2, 0.25) is 5.91 Å². The number of aromatic nitrogens is 1. The van der Waals surface area contributed by atoms with Gasteiger partial charge in [0.1, 0.15) is 5.82 Å². The molecule has 1 rings (SSSR count). The van der Waals surface area contributed by atoms with Crippen LogP contribution in [0, 0.1) is 0 Å². The van der Waals surface area contributed by atoms with E-state index in [1.807, 2.05) is 0 Å². The lowest BCUT2D eigenvalue weighted by Gasteiger charge is -2.08. The fraction of sp³-hybridized carbons (Fsp3) is 0.462. The predicted octanol–water partition coefficient (Wildman–Crippen LogP) is 0.659. The second-order valence-electron chi connectivity index (χ2n) is 4.15. The molecule has 0 fully saturated rings. The zero-order valence-corrected chi connectivity index (χ0v) is 12.8. The standard InChI is InChI=1S/C13H19ClN4O3/c1-15-11-7-9(10(14)8-18-11)13(20)17-4-3-12(19)16-5-6-21-2/h7-8H,3-6H2,1-2H3,(H,15,18)(H,16,19)(H,17,20). The summed E-state index contributed by atoms with van der Waals surface area (Å²) in [4.78, 5) is 27.4. The summed E-state index contributed by atoms with van der Waals surface area (Å²) in [5.41, 5.74) is 0.316. The molecule has 0 aliphatic carbocycles. The first-order valence-corrected chi connectivity index (χ1v) is 6.83. The Kier molecular flexibility index (Phi) is 7.49. The van der Waals surface area contributed by atoms with Crippen LogP contribution in [0.5, 0.6) is 0 Å². The van der Waals surface area contributed by atoms with Gasteiger partial charge in [-0.1, -0.05) is 11.6 Å². The number of hydrogen-bond acceptors (Lipinski definition) is 5. The number of methoxy groups -OCH3 is 1. The lowest BCUT2D eigenvalue weighted by atomic mass is 10.2. The Hall–Kier alpha value is -1.86. The molecule has 0 bridgehead atoms. The van der Waals surface area contributed by atoms with Crippen molar-refractivity contribution in [2.24, 2.45) is 0 Å². The van der Waals surface area contributed by atoms with Crippen LogP contribution < -0.4 is 16.0 Å². The molecule has 0 atom stereocenters. The molecule has 1 aromatic rings. The minimum absolute atomic E-state index is 0.149. The number of carbonyl (C=O) groups excluding carboxylic acids is 2. The van der Waals surface area contributed by atoms with Crippen molar-refractivity contribution < 1.29 is 14.3 Å². The average Bonchev–Trinajstić information content (AvgIpc) is 2.48. The van der Waals surface area contributed by atoms with Crippen LogP contribution in [-0.4, -0.2) is 50.7 Å². The lowest BCUT2D eigenvalue weighted by Crippen LogP contribution is -2.32. The van der Waals surface area contributed by atoms with Crippen molar-refractivity contribution in [3.05, 3.63) is 22.8 Å². The summed E-state index contributed by atoms with van der Waals surface area (Å²) < 4.78 is 4.82. The van der Waals surface area contributed by atoms with Crippen LogP contribution in [0.4, 0.5) is 5.82 Å². The first-order valence-electron chi connectivity index (χ1n) is 6.45. The average molecular weight is 315 g/mol. The predicted molar refractivity (Wildman–Crippen MR) is 80.6 cm³/mol. The first kappa shape index (κ1) is 17.2. The summed E-state index contributed by atoms with van der Waals surface area (Å²) in [5, 5.41) is 8.39. The highest BCUT2D eigenvalue weighted by Gasteiger charge is 2.12. The monoisotopic (exact) mass is 314 g/mol. The van der Waals surface area contributed by atoms with Gasteiger partial charge >= 0.3 is 0 Å². The molecule has 7 nitrogen and oxygen atoms in total. The van der Waals surface area contributed by atoms with E-state index >= 15 is 0 Å². The summed E-state index contributed by atoms with van der Waals surface area (Å²) in [7, 11) is 3.26. The van der Waals surface area contributed by atoms with E-state index in [0.29, 0.717) is 24.5 Å². The van der Waals surface area contributed by atoms with Crippen molar-refractivity contribution in [1.82, 2.24) is 15.6 Å². The SMILES string of the molecule is CNc1cc(C(=O)NCCC(=O)NCCOC)c(Cl)cn1. The van der Waals surface area contributed by atoms with E-state index in [1.165, 1.54) is 6.20 Å². The van der Waals surface area contributed by atoms with Gasteiger partial charge in [-0.25, -0.2) is 4.98 Å². The number of hydrogen-bond donors (Lipinski definition) is 3. The summed E-state index contributed by atoms with van der Waals surface area (Å²) in [5.74, 6) is 0.0505. The van der Waals surface area contributed by atoms with Crippen molar-refractivity contribution in [2.75, 3.05) is 39.2 Å². The number of rotatable bonds is 8. The second kappa shape index (κ2) is 9.15. The van der Waals surface area contributed by atoms with Gasteiger partial charge in [0.25, 0.3) is 5.91 Å². The molecular formula is C13H19ClN4O3. The molecule has 8 heteroatoms. The number of halogens is 1. The smallest absolute Gasteiger partial charge is 0.253 e. The zero-order chi connectivity index (χ0) is 15.7. The highest BCUT2D eigenvalue weighted by atomic mass is 35.5. The van der Waals surface area contributed by atoms with Gasteiger partial charge in [-0.3, -0.25) is 9.59 Å². The van der Waals surface area contributed by atoms with E-state index in [2.05, 4.69) is 20.9 Å². The third kappa shape index (κ3) is 5.97. The Balaban J connectivity index is 2.42. The van der Waals surface area contributed by atoms with E-state index in [0.717, 1.165) is 0 Å². The fourth-order valence-corrected chi connectivity index (χ4v) is 1.70. The maximum atomic E-state index is 12.0. The Morgan fingerprint density at radius 2 is 2.10 bits per heavy atom. The van der Waals surface area contributed by atoms with Gasteiger partial charge in [0, 0.05) is 39.9 Å². The minimum atomic E-state index is -0.344. The maximum Gasteiger partial charge on any atom is 0.253 e. The highest BCUT2D eigenvalue weighted by Crippen LogP contribution is 2.17. The highest BCUT2D eigenvalue weighted by molar-refractivity contribution is 6.33. The van der Waals surface area contributed by atoms with Gasteiger partial charge in [0.15, 0.2) is 0 Å². The first-order chi connectivity index (χ1) is 10.1. The van der Waals surface area contributed by atoms with E-state index < -0.39 is 0 Å². The molecule has 1 heterocycles. The Labute approximate surface area is 128 Å². The molecular weight excluding hydrogens is 296 g/mol. The van der Waals surface area contributed by atoms with Crippen molar-refractivity contribution in [1.29, 1.82) is 0 Å². The number of pyridine rings is 1. The van der Waals surface area contributed by atoms with Crippen molar-refractivity contribution in [2.45, 2.75) is 6.42 Å². The quantitative estimate of drug-likeness (QED) is 0.613. The van der Waals surface area contributed by atoms with Crippen molar-refractivity contribution in [3.63, 3.8) is 0 Å². The molecule has 0 aliphatic rings. The summed E-state index contributed by atoms with van der Waals surface area (Å²) in [6.45, 7) is 1.13. The number of carbonyl (C=O) groups is 2. The van der Waals surface area contributed by atoms with E-state index in [4.69, 9.17) is 16.3 Å². The molecule has 0 unspecified atom stereocenters. The van der Waals surface area contributed by atoms with Gasteiger partial charge < -0.3 is 20.7 Å². The van der Waals surface area contributed by atoms with Gasteiger partial charge in [-0.2, -0.15) is 0 Å². The van der Waals surface area contributed by atoms with Crippen LogP contribution in [0.15, 0.2) is 12.3 Å². The van der Waals surface area contributed by atoms with Crippen molar-refractivity contribution >= 4 is 29.2 Å². The number of ether oxygens (including phenoxy) is 1. The Morgan fingerprint density at radius 1 is 1.33 bits per heavy atom. The van der Waals surface area contributed by atoms with Gasteiger partial charge in [0.05, 0.1) is 17.2 Å². The minimum Gasteiger partial charge on any atom is -0.383 e. The maximum absolute atomic E-state index is 12.0. The fourth-order valence-electron chi connectivity index (χ4n) is 1.52. The molecule has 0 radical (unpaired) electrons. The van der Waals surface area contributed by atoms with Crippen LogP contribution in [0.2, 0.25) is 5.02 Å². The number of amides is 2. The molecule has 0 aromatic carbocycles. The van der Waals surface area contributed by atoms with Crippen LogP contribution in [0.25, 0.3) is 0 Å². The third-order valence-corrected chi connectivity index (χ3v) is 2.92. The molecule has 0 saturated carbocycles. The topological polar surface area (TPSA) is 92.4 Å². The van der Waals surface area contributed by atoms with E-state index in [-0.39, 0.29) is 29.8 Å². The molecule has 1 aromatic heterocycles. The largest absolute Gasteiger partial charge is 0.383 e. The molecule has 116 valence electrons. The lowest BCUT2D eigenvalue weighted by molar-refractivity contribution is -0.121. The van der Waals surface area contributed by atoms with Crippen molar-refractivity contribution in [3.8, 4) is 0 Å². The molecule has 0 saturated heterocycles. The zero-order valence-electron chi connectivity index (χ0n) is 12.0. The third-order valence-electron chi connectivity index (χ3n) is 2.62. The molecule has 2 amide bonds. The van der Waals surface area contributed by atoms with Gasteiger partial charge in [-0.05, 0) is 6.07 Å². The Bertz CT molecular complexity index is 496. The molecule has 0 aliphatic heterocycles. The molecule has 3 N–H and O–H groups in total. The molecule has 0 spiro atoms. The second-order valence-corrected chi connectivity index (χ2v) is 4.56. The van der Waals surface area contributed by atoms with Crippen LogP contribution in [0.3, 0.4) is 0 Å². The summed E-state index contributed by atoms with van der Waals surface area (Å²) >= 11 is 5.93. The van der Waals surface area contributed by atoms with Crippen LogP contribution in [-0.2, 0) is 9.53 Å². The number of nitrogens with zero attached hydrogens (tertiary/aromatic N) is 1. The van der Waals surface area contributed by atoms with Gasteiger partial charge in [-0.15, -0.1) is 0 Å². The molecule has 21 heavy (non-hydrogen) atoms. The van der Waals surface area contributed by atoms with E-state index in [1.54, 1.807) is 20.2 Å². The normalized spacial score (nSPS) is 10.0. The summed E-state index contributed by atoms with van der Waals surface area (Å²) in [6.07, 6.45) is 1.59. The van der Waals surface area contributed by atoms with E-state index in [9.17, 15) is 9.59 Å². The van der Waals surface area contributed by atoms with Crippen LogP contribution in [0.1, 0.15) is 16.8 Å². The number of anilines is 1. The number of nitrogens with one attached hydrogen (secondary N) is 3. The van der Waals surface area contributed by atoms with Crippen LogP contribution >= 0.6 is 11.6 Å². The Morgan fingerprint density at radius 3 is 2.76 bits per heavy atom.